The third-order valence-corrected chi connectivity index (χ3v) is 2.72. The Morgan fingerprint density at radius 2 is 2.32 bits per heavy atom. The molecule has 3 rings (SSSR count). The standard InChI is InChI=1S/C11H11N7O/c1-2-8-7(5-14-11-15-6-16-18(8)11)9(19)17-10-12-3-4-13-10/h3-6H,2H2,1H3,(H2,12,13,17,19). The topological polar surface area (TPSA) is 101 Å². The number of aromatic nitrogens is 6. The van der Waals surface area contributed by atoms with Crippen molar-refractivity contribution in [3.05, 3.63) is 36.2 Å². The largest absolute Gasteiger partial charge is 0.331 e. The van der Waals surface area contributed by atoms with Gasteiger partial charge in [0.25, 0.3) is 11.7 Å². The molecule has 0 aromatic carbocycles. The van der Waals surface area contributed by atoms with E-state index in [0.717, 1.165) is 5.69 Å². The average Bonchev–Trinajstić information content (AvgIpc) is 3.07. The van der Waals surface area contributed by atoms with Crippen LogP contribution >= 0.6 is 0 Å². The van der Waals surface area contributed by atoms with E-state index in [1.807, 2.05) is 6.92 Å². The summed E-state index contributed by atoms with van der Waals surface area (Å²) in [5.74, 6) is 0.592. The maximum atomic E-state index is 12.2. The van der Waals surface area contributed by atoms with Crippen LogP contribution in [0.15, 0.2) is 24.9 Å². The van der Waals surface area contributed by atoms with Gasteiger partial charge < -0.3 is 4.98 Å². The van der Waals surface area contributed by atoms with Crippen molar-refractivity contribution >= 4 is 17.6 Å². The van der Waals surface area contributed by atoms with Crippen LogP contribution in [-0.2, 0) is 6.42 Å². The highest BCUT2D eigenvalue weighted by Gasteiger charge is 2.16. The van der Waals surface area contributed by atoms with Crippen LogP contribution in [0.5, 0.6) is 0 Å². The van der Waals surface area contributed by atoms with Gasteiger partial charge >= 0.3 is 0 Å². The number of carbonyl (C=O) groups excluding carboxylic acids is 1. The Bertz CT molecular complexity index is 716. The Kier molecular flexibility index (Phi) is 2.67. The van der Waals surface area contributed by atoms with Gasteiger partial charge in [0.15, 0.2) is 0 Å². The lowest BCUT2D eigenvalue weighted by Crippen LogP contribution is -2.18. The first kappa shape index (κ1) is 11.3. The Hall–Kier alpha value is -2.77. The van der Waals surface area contributed by atoms with E-state index in [9.17, 15) is 4.79 Å². The molecule has 1 amide bonds. The van der Waals surface area contributed by atoms with Gasteiger partial charge in [-0.05, 0) is 6.42 Å². The van der Waals surface area contributed by atoms with Crippen LogP contribution in [0.4, 0.5) is 5.95 Å². The molecule has 3 aromatic rings. The van der Waals surface area contributed by atoms with Crippen molar-refractivity contribution in [1.82, 2.24) is 29.5 Å². The number of H-pyrrole nitrogens is 1. The zero-order chi connectivity index (χ0) is 13.2. The van der Waals surface area contributed by atoms with Gasteiger partial charge in [0, 0.05) is 18.6 Å². The third kappa shape index (κ3) is 1.92. The lowest BCUT2D eigenvalue weighted by atomic mass is 10.2. The highest BCUT2D eigenvalue weighted by atomic mass is 16.1. The van der Waals surface area contributed by atoms with E-state index < -0.39 is 0 Å². The van der Waals surface area contributed by atoms with Crippen LogP contribution in [0.2, 0.25) is 0 Å². The van der Waals surface area contributed by atoms with Gasteiger partial charge in [0.05, 0.1) is 11.3 Å². The summed E-state index contributed by atoms with van der Waals surface area (Å²) in [7, 11) is 0. The van der Waals surface area contributed by atoms with Gasteiger partial charge in [-0.25, -0.2) is 14.5 Å². The summed E-state index contributed by atoms with van der Waals surface area (Å²) in [6, 6.07) is 0. The molecule has 96 valence electrons. The summed E-state index contributed by atoms with van der Waals surface area (Å²) in [4.78, 5) is 27.0. The molecule has 3 aromatic heterocycles. The smallest absolute Gasteiger partial charge is 0.261 e. The quantitative estimate of drug-likeness (QED) is 0.717. The number of anilines is 1. The van der Waals surface area contributed by atoms with Crippen LogP contribution in [0.25, 0.3) is 5.78 Å². The summed E-state index contributed by atoms with van der Waals surface area (Å²) in [5, 5.41) is 6.73. The van der Waals surface area contributed by atoms with Crippen molar-refractivity contribution in [1.29, 1.82) is 0 Å². The number of aryl methyl sites for hydroxylation is 1. The highest BCUT2D eigenvalue weighted by Crippen LogP contribution is 2.11. The van der Waals surface area contributed by atoms with Gasteiger partial charge in [0.2, 0.25) is 5.95 Å². The minimum atomic E-state index is -0.281. The van der Waals surface area contributed by atoms with E-state index in [-0.39, 0.29) is 5.91 Å². The number of rotatable bonds is 3. The van der Waals surface area contributed by atoms with Crippen LogP contribution in [-0.4, -0.2) is 35.5 Å². The fraction of sp³-hybridized carbons (Fsp3) is 0.182. The van der Waals surface area contributed by atoms with E-state index in [4.69, 9.17) is 0 Å². The van der Waals surface area contributed by atoms with E-state index >= 15 is 0 Å². The first-order valence-electron chi connectivity index (χ1n) is 5.78. The SMILES string of the molecule is CCc1c(C(=O)Nc2ncc[nH]2)cnc2ncnn12. The molecule has 0 spiro atoms. The Morgan fingerprint density at radius 1 is 1.42 bits per heavy atom. The number of imidazole rings is 1. The summed E-state index contributed by atoms with van der Waals surface area (Å²) in [6.07, 6.45) is 6.75. The number of amides is 1. The fourth-order valence-corrected chi connectivity index (χ4v) is 1.86. The Labute approximate surface area is 107 Å². The van der Waals surface area contributed by atoms with Crippen molar-refractivity contribution in [2.45, 2.75) is 13.3 Å². The third-order valence-electron chi connectivity index (χ3n) is 2.72. The van der Waals surface area contributed by atoms with E-state index in [0.29, 0.717) is 23.7 Å². The second kappa shape index (κ2) is 4.48. The minimum absolute atomic E-state index is 0.281. The molecule has 0 aliphatic carbocycles. The van der Waals surface area contributed by atoms with Crippen molar-refractivity contribution in [2.24, 2.45) is 0 Å². The Balaban J connectivity index is 2.01. The minimum Gasteiger partial charge on any atom is -0.331 e. The predicted octanol–water partition coefficient (Wildman–Crippen LogP) is 0.662. The van der Waals surface area contributed by atoms with Crippen molar-refractivity contribution in [2.75, 3.05) is 5.32 Å². The molecular formula is C11H11N7O. The van der Waals surface area contributed by atoms with Gasteiger partial charge in [-0.2, -0.15) is 10.1 Å². The van der Waals surface area contributed by atoms with E-state index in [1.165, 1.54) is 12.5 Å². The number of fused-ring (bicyclic) bond motifs is 1. The zero-order valence-electron chi connectivity index (χ0n) is 10.2. The summed E-state index contributed by atoms with van der Waals surface area (Å²) in [5.41, 5.74) is 1.21. The number of nitrogens with zero attached hydrogens (tertiary/aromatic N) is 5. The molecule has 8 heteroatoms. The molecule has 8 nitrogen and oxygen atoms in total. The van der Waals surface area contributed by atoms with Crippen LogP contribution < -0.4 is 5.32 Å². The average molecular weight is 257 g/mol. The summed E-state index contributed by atoms with van der Waals surface area (Å²) in [6.45, 7) is 1.94. The van der Waals surface area contributed by atoms with Crippen LogP contribution in [0.1, 0.15) is 23.0 Å². The number of aromatic amines is 1. The monoisotopic (exact) mass is 257 g/mol. The number of nitrogens with one attached hydrogen (secondary N) is 2. The summed E-state index contributed by atoms with van der Waals surface area (Å²) >= 11 is 0. The van der Waals surface area contributed by atoms with Crippen molar-refractivity contribution < 1.29 is 4.79 Å². The maximum absolute atomic E-state index is 12.2. The van der Waals surface area contributed by atoms with E-state index in [2.05, 4.69) is 30.4 Å². The van der Waals surface area contributed by atoms with Gasteiger partial charge in [-0.1, -0.05) is 6.92 Å². The molecule has 0 saturated carbocycles. The zero-order valence-corrected chi connectivity index (χ0v) is 10.2. The van der Waals surface area contributed by atoms with Crippen LogP contribution in [0.3, 0.4) is 0 Å². The summed E-state index contributed by atoms with van der Waals surface area (Å²) < 4.78 is 1.57. The molecule has 0 aliphatic rings. The molecule has 2 N–H and O–H groups in total. The lowest BCUT2D eigenvalue weighted by Gasteiger charge is -2.08. The second-order valence-corrected chi connectivity index (χ2v) is 3.84. The fourth-order valence-electron chi connectivity index (χ4n) is 1.86. The van der Waals surface area contributed by atoms with Crippen molar-refractivity contribution in [3.63, 3.8) is 0 Å². The predicted molar refractivity (Wildman–Crippen MR) is 66.7 cm³/mol. The number of hydrogen-bond acceptors (Lipinski definition) is 5. The normalized spacial score (nSPS) is 10.8. The van der Waals surface area contributed by atoms with Crippen LogP contribution in [0, 0.1) is 0 Å². The van der Waals surface area contributed by atoms with Gasteiger partial charge in [0.1, 0.15) is 6.33 Å². The molecule has 0 atom stereocenters. The molecule has 0 aliphatic heterocycles. The molecule has 0 fully saturated rings. The first-order chi connectivity index (χ1) is 9.29. The van der Waals surface area contributed by atoms with Gasteiger partial charge in [-0.3, -0.25) is 10.1 Å². The van der Waals surface area contributed by atoms with Gasteiger partial charge in [-0.15, -0.1) is 0 Å². The number of hydrogen-bond donors (Lipinski definition) is 2. The van der Waals surface area contributed by atoms with Crippen molar-refractivity contribution in [3.8, 4) is 0 Å². The second-order valence-electron chi connectivity index (χ2n) is 3.84. The Morgan fingerprint density at radius 3 is 3.05 bits per heavy atom. The molecule has 0 saturated heterocycles. The molecule has 3 heterocycles. The molecule has 0 bridgehead atoms. The maximum Gasteiger partial charge on any atom is 0.261 e. The molecule has 0 unspecified atom stereocenters. The molecule has 19 heavy (non-hydrogen) atoms. The molecule has 0 radical (unpaired) electrons. The van der Waals surface area contributed by atoms with E-state index in [1.54, 1.807) is 16.9 Å². The molecular weight excluding hydrogens is 246 g/mol. The lowest BCUT2D eigenvalue weighted by molar-refractivity contribution is 0.102. The number of carbonyl (C=O) groups is 1. The first-order valence-corrected chi connectivity index (χ1v) is 5.78. The highest BCUT2D eigenvalue weighted by molar-refractivity contribution is 6.04.